The highest BCUT2D eigenvalue weighted by molar-refractivity contribution is 4.92. The molecule has 0 spiro atoms. The van der Waals surface area contributed by atoms with Crippen molar-refractivity contribution in [3.63, 3.8) is 0 Å². The predicted octanol–water partition coefficient (Wildman–Crippen LogP) is 1.16. The molecule has 0 amide bonds. The lowest BCUT2D eigenvalue weighted by Gasteiger charge is -2.29. The summed E-state index contributed by atoms with van der Waals surface area (Å²) in [6.45, 7) is 9.75. The molecule has 0 radical (unpaired) electrons. The lowest BCUT2D eigenvalue weighted by molar-refractivity contribution is -0.0280. The largest absolute Gasteiger partial charge is 0.386 e. The van der Waals surface area contributed by atoms with Gasteiger partial charge in [-0.15, -0.1) is 0 Å². The van der Waals surface area contributed by atoms with Crippen molar-refractivity contribution in [3.05, 3.63) is 0 Å². The third-order valence-electron chi connectivity index (χ3n) is 3.39. The van der Waals surface area contributed by atoms with E-state index in [9.17, 15) is 5.11 Å². The zero-order valence-corrected chi connectivity index (χ0v) is 9.71. The SMILES string of the molecule is CC(C)C(C)NCC1(O)CCOC1C. The smallest absolute Gasteiger partial charge is 0.105 e. The first kappa shape index (κ1) is 12.0. The Balaban J connectivity index is 2.36. The minimum absolute atomic E-state index is 0.0469. The fourth-order valence-corrected chi connectivity index (χ4v) is 1.58. The van der Waals surface area contributed by atoms with Gasteiger partial charge in [0.05, 0.1) is 6.10 Å². The minimum atomic E-state index is -0.664. The maximum absolute atomic E-state index is 10.2. The summed E-state index contributed by atoms with van der Waals surface area (Å²) in [6.07, 6.45) is 0.695. The van der Waals surface area contributed by atoms with Gasteiger partial charge in [-0.3, -0.25) is 0 Å². The maximum Gasteiger partial charge on any atom is 0.105 e. The molecule has 1 aliphatic heterocycles. The summed E-state index contributed by atoms with van der Waals surface area (Å²) in [5.74, 6) is 0.594. The van der Waals surface area contributed by atoms with Crippen molar-refractivity contribution in [1.29, 1.82) is 0 Å². The molecule has 0 aromatic carbocycles. The van der Waals surface area contributed by atoms with Gasteiger partial charge in [-0.05, 0) is 19.8 Å². The summed E-state index contributed by atoms with van der Waals surface area (Å²) in [7, 11) is 0. The Kier molecular flexibility index (Phi) is 3.93. The minimum Gasteiger partial charge on any atom is -0.386 e. The van der Waals surface area contributed by atoms with Gasteiger partial charge in [-0.25, -0.2) is 0 Å². The standard InChI is InChI=1S/C11H23NO2/c1-8(2)9(3)12-7-11(13)5-6-14-10(11)4/h8-10,12-13H,5-7H2,1-4H3. The highest BCUT2D eigenvalue weighted by atomic mass is 16.5. The summed E-state index contributed by atoms with van der Waals surface area (Å²) in [5.41, 5.74) is -0.664. The van der Waals surface area contributed by atoms with E-state index in [1.807, 2.05) is 6.92 Å². The average Bonchev–Trinajstić information content (AvgIpc) is 2.44. The Hall–Kier alpha value is -0.120. The molecule has 3 unspecified atom stereocenters. The van der Waals surface area contributed by atoms with E-state index in [1.165, 1.54) is 0 Å². The third-order valence-corrected chi connectivity index (χ3v) is 3.39. The normalized spacial score (nSPS) is 35.1. The van der Waals surface area contributed by atoms with Crippen molar-refractivity contribution in [2.24, 2.45) is 5.92 Å². The van der Waals surface area contributed by atoms with Gasteiger partial charge in [-0.1, -0.05) is 13.8 Å². The second kappa shape index (κ2) is 4.60. The molecule has 0 aromatic heterocycles. The van der Waals surface area contributed by atoms with Crippen molar-refractivity contribution >= 4 is 0 Å². The molecule has 1 rings (SSSR count). The van der Waals surface area contributed by atoms with E-state index >= 15 is 0 Å². The van der Waals surface area contributed by atoms with Crippen LogP contribution in [0.3, 0.4) is 0 Å². The van der Waals surface area contributed by atoms with Crippen LogP contribution in [0.15, 0.2) is 0 Å². The van der Waals surface area contributed by atoms with Crippen molar-refractivity contribution in [3.8, 4) is 0 Å². The van der Waals surface area contributed by atoms with E-state index < -0.39 is 5.60 Å². The molecule has 3 heteroatoms. The number of aliphatic hydroxyl groups is 1. The molecule has 0 aliphatic carbocycles. The molecular formula is C11H23NO2. The Labute approximate surface area is 86.8 Å². The van der Waals surface area contributed by atoms with Crippen LogP contribution in [0.5, 0.6) is 0 Å². The quantitative estimate of drug-likeness (QED) is 0.717. The molecule has 84 valence electrons. The van der Waals surface area contributed by atoms with Gasteiger partial charge in [0.25, 0.3) is 0 Å². The van der Waals surface area contributed by atoms with Crippen molar-refractivity contribution in [2.45, 2.75) is 51.9 Å². The number of hydrogen-bond acceptors (Lipinski definition) is 3. The van der Waals surface area contributed by atoms with Crippen LogP contribution < -0.4 is 5.32 Å². The molecule has 3 nitrogen and oxygen atoms in total. The van der Waals surface area contributed by atoms with Gasteiger partial charge < -0.3 is 15.2 Å². The number of rotatable bonds is 4. The van der Waals surface area contributed by atoms with Gasteiger partial charge in [-0.2, -0.15) is 0 Å². The summed E-state index contributed by atoms with van der Waals surface area (Å²) < 4.78 is 5.37. The second-order valence-electron chi connectivity index (χ2n) is 4.78. The Morgan fingerprint density at radius 3 is 2.57 bits per heavy atom. The molecule has 3 atom stereocenters. The first-order valence-corrected chi connectivity index (χ1v) is 5.53. The van der Waals surface area contributed by atoms with Gasteiger partial charge in [0.1, 0.15) is 5.60 Å². The number of ether oxygens (including phenoxy) is 1. The van der Waals surface area contributed by atoms with Gasteiger partial charge >= 0.3 is 0 Å². The average molecular weight is 201 g/mol. The van der Waals surface area contributed by atoms with Crippen LogP contribution in [-0.4, -0.2) is 36.0 Å². The topological polar surface area (TPSA) is 41.5 Å². The maximum atomic E-state index is 10.2. The van der Waals surface area contributed by atoms with E-state index in [4.69, 9.17) is 4.74 Å². The fraction of sp³-hybridized carbons (Fsp3) is 1.00. The summed E-state index contributed by atoms with van der Waals surface area (Å²) in [5, 5.41) is 13.6. The van der Waals surface area contributed by atoms with E-state index in [0.717, 1.165) is 6.42 Å². The van der Waals surface area contributed by atoms with Crippen molar-refractivity contribution in [2.75, 3.05) is 13.2 Å². The molecule has 1 fully saturated rings. The first-order chi connectivity index (χ1) is 6.46. The number of nitrogens with one attached hydrogen (secondary N) is 1. The highest BCUT2D eigenvalue weighted by Gasteiger charge is 2.39. The summed E-state index contributed by atoms with van der Waals surface area (Å²) >= 11 is 0. The molecule has 2 N–H and O–H groups in total. The zero-order valence-electron chi connectivity index (χ0n) is 9.71. The van der Waals surface area contributed by atoms with E-state index in [2.05, 4.69) is 26.1 Å². The van der Waals surface area contributed by atoms with Crippen LogP contribution in [0.4, 0.5) is 0 Å². The van der Waals surface area contributed by atoms with Gasteiger partial charge in [0, 0.05) is 25.6 Å². The predicted molar refractivity (Wildman–Crippen MR) is 57.3 cm³/mol. The summed E-state index contributed by atoms with van der Waals surface area (Å²) in [6, 6.07) is 0.437. The van der Waals surface area contributed by atoms with Crippen LogP contribution in [-0.2, 0) is 4.74 Å². The zero-order chi connectivity index (χ0) is 10.8. The Bertz CT molecular complexity index is 184. The molecule has 1 heterocycles. The monoisotopic (exact) mass is 201 g/mol. The first-order valence-electron chi connectivity index (χ1n) is 5.53. The van der Waals surface area contributed by atoms with Crippen LogP contribution >= 0.6 is 0 Å². The molecule has 0 aromatic rings. The molecule has 1 aliphatic rings. The van der Waals surface area contributed by atoms with E-state index in [1.54, 1.807) is 0 Å². The van der Waals surface area contributed by atoms with Gasteiger partial charge in [0.15, 0.2) is 0 Å². The molecule has 14 heavy (non-hydrogen) atoms. The summed E-state index contributed by atoms with van der Waals surface area (Å²) in [4.78, 5) is 0. The van der Waals surface area contributed by atoms with E-state index in [-0.39, 0.29) is 6.10 Å². The van der Waals surface area contributed by atoms with Gasteiger partial charge in [0.2, 0.25) is 0 Å². The second-order valence-corrected chi connectivity index (χ2v) is 4.78. The van der Waals surface area contributed by atoms with E-state index in [0.29, 0.717) is 25.1 Å². The van der Waals surface area contributed by atoms with Crippen LogP contribution in [0.2, 0.25) is 0 Å². The molecule has 0 saturated carbocycles. The Morgan fingerprint density at radius 2 is 2.14 bits per heavy atom. The van der Waals surface area contributed by atoms with Crippen molar-refractivity contribution < 1.29 is 9.84 Å². The lowest BCUT2D eigenvalue weighted by atomic mass is 9.95. The molecule has 0 bridgehead atoms. The molecule has 1 saturated heterocycles. The van der Waals surface area contributed by atoms with Crippen LogP contribution in [0, 0.1) is 5.92 Å². The lowest BCUT2D eigenvalue weighted by Crippen LogP contribution is -2.49. The third kappa shape index (κ3) is 2.69. The van der Waals surface area contributed by atoms with Crippen LogP contribution in [0.1, 0.15) is 34.1 Å². The van der Waals surface area contributed by atoms with Crippen LogP contribution in [0.25, 0.3) is 0 Å². The molecular weight excluding hydrogens is 178 g/mol. The number of hydrogen-bond donors (Lipinski definition) is 2. The highest BCUT2D eigenvalue weighted by Crippen LogP contribution is 2.24. The Morgan fingerprint density at radius 1 is 1.50 bits per heavy atom. The fourth-order valence-electron chi connectivity index (χ4n) is 1.58. The van der Waals surface area contributed by atoms with Crippen molar-refractivity contribution in [1.82, 2.24) is 5.32 Å².